The predicted molar refractivity (Wildman–Crippen MR) is 68.4 cm³/mol. The van der Waals surface area contributed by atoms with E-state index < -0.39 is 5.60 Å². The van der Waals surface area contributed by atoms with Gasteiger partial charge >= 0.3 is 12.1 Å². The molecule has 1 atom stereocenters. The molecule has 104 valence electrons. The SMILES string of the molecule is CNC(=O)NC[C@H]1CCCN1C(=O)OC(C)(C)C. The summed E-state index contributed by atoms with van der Waals surface area (Å²) in [5, 5.41) is 5.21. The van der Waals surface area contributed by atoms with Crippen molar-refractivity contribution in [1.82, 2.24) is 15.5 Å². The maximum Gasteiger partial charge on any atom is 0.410 e. The van der Waals surface area contributed by atoms with Gasteiger partial charge in [-0.05, 0) is 33.6 Å². The van der Waals surface area contributed by atoms with E-state index >= 15 is 0 Å². The van der Waals surface area contributed by atoms with Crippen molar-refractivity contribution in [1.29, 1.82) is 0 Å². The van der Waals surface area contributed by atoms with E-state index in [1.54, 1.807) is 11.9 Å². The first-order valence-corrected chi connectivity index (χ1v) is 6.28. The Morgan fingerprint density at radius 1 is 1.39 bits per heavy atom. The number of ether oxygens (including phenoxy) is 1. The van der Waals surface area contributed by atoms with E-state index in [1.165, 1.54) is 0 Å². The molecule has 1 rings (SSSR count). The summed E-state index contributed by atoms with van der Waals surface area (Å²) in [5.41, 5.74) is -0.488. The summed E-state index contributed by atoms with van der Waals surface area (Å²) < 4.78 is 5.34. The zero-order chi connectivity index (χ0) is 13.8. The molecule has 0 bridgehead atoms. The Balaban J connectivity index is 2.49. The van der Waals surface area contributed by atoms with Crippen LogP contribution < -0.4 is 10.6 Å². The van der Waals surface area contributed by atoms with Crippen molar-refractivity contribution in [2.75, 3.05) is 20.1 Å². The van der Waals surface area contributed by atoms with E-state index in [1.807, 2.05) is 20.8 Å². The first-order valence-electron chi connectivity index (χ1n) is 6.28. The Morgan fingerprint density at radius 2 is 2.06 bits per heavy atom. The molecule has 6 heteroatoms. The quantitative estimate of drug-likeness (QED) is 0.783. The molecule has 0 aliphatic carbocycles. The summed E-state index contributed by atoms with van der Waals surface area (Å²) in [4.78, 5) is 24.8. The Labute approximate surface area is 108 Å². The second-order valence-electron chi connectivity index (χ2n) is 5.43. The first-order chi connectivity index (χ1) is 8.33. The molecule has 6 nitrogen and oxygen atoms in total. The molecule has 0 unspecified atom stereocenters. The molecular weight excluding hydrogens is 234 g/mol. The predicted octanol–water partition coefficient (Wildman–Crippen LogP) is 1.31. The van der Waals surface area contributed by atoms with Crippen LogP contribution in [0.3, 0.4) is 0 Å². The average Bonchev–Trinajstić information content (AvgIpc) is 2.71. The lowest BCUT2D eigenvalue weighted by molar-refractivity contribution is 0.0228. The molecule has 1 heterocycles. The molecule has 1 saturated heterocycles. The third-order valence-corrected chi connectivity index (χ3v) is 2.73. The van der Waals surface area contributed by atoms with Gasteiger partial charge in [0.1, 0.15) is 5.60 Å². The van der Waals surface area contributed by atoms with Crippen molar-refractivity contribution >= 4 is 12.1 Å². The van der Waals surface area contributed by atoms with E-state index in [2.05, 4.69) is 10.6 Å². The molecule has 2 N–H and O–H groups in total. The van der Waals surface area contributed by atoms with Gasteiger partial charge < -0.3 is 20.3 Å². The number of carbonyl (C=O) groups excluding carboxylic acids is 2. The standard InChI is InChI=1S/C12H23N3O3/c1-12(2,3)18-11(17)15-7-5-6-9(15)8-14-10(16)13-4/h9H,5-8H2,1-4H3,(H2,13,14,16)/t9-/m1/s1. The van der Waals surface area contributed by atoms with E-state index in [9.17, 15) is 9.59 Å². The second-order valence-corrected chi connectivity index (χ2v) is 5.43. The van der Waals surface area contributed by atoms with Crippen LogP contribution in [0.2, 0.25) is 0 Å². The summed E-state index contributed by atoms with van der Waals surface area (Å²) in [6.07, 6.45) is 1.53. The number of hydrogen-bond donors (Lipinski definition) is 2. The number of carbonyl (C=O) groups is 2. The fourth-order valence-electron chi connectivity index (χ4n) is 1.91. The van der Waals surface area contributed by atoms with Crippen molar-refractivity contribution in [2.45, 2.75) is 45.3 Å². The van der Waals surface area contributed by atoms with Gasteiger partial charge in [-0.25, -0.2) is 9.59 Å². The maximum absolute atomic E-state index is 12.0. The van der Waals surface area contributed by atoms with Crippen molar-refractivity contribution in [3.8, 4) is 0 Å². The van der Waals surface area contributed by atoms with Crippen LogP contribution in [0.5, 0.6) is 0 Å². The molecule has 1 aliphatic rings. The Kier molecular flexibility index (Phi) is 4.81. The van der Waals surface area contributed by atoms with Crippen LogP contribution >= 0.6 is 0 Å². The van der Waals surface area contributed by atoms with Gasteiger partial charge in [-0.15, -0.1) is 0 Å². The maximum atomic E-state index is 12.0. The van der Waals surface area contributed by atoms with Crippen molar-refractivity contribution in [3.63, 3.8) is 0 Å². The van der Waals surface area contributed by atoms with Gasteiger partial charge in [-0.2, -0.15) is 0 Å². The molecule has 0 aromatic rings. The van der Waals surface area contributed by atoms with Gasteiger partial charge in [0.15, 0.2) is 0 Å². The number of nitrogens with zero attached hydrogens (tertiary/aromatic N) is 1. The third kappa shape index (κ3) is 4.43. The molecule has 0 saturated carbocycles. The highest BCUT2D eigenvalue weighted by Gasteiger charge is 2.32. The molecule has 0 spiro atoms. The number of urea groups is 1. The van der Waals surface area contributed by atoms with Gasteiger partial charge in [0, 0.05) is 20.1 Å². The molecule has 1 fully saturated rings. The zero-order valence-corrected chi connectivity index (χ0v) is 11.6. The normalized spacial score (nSPS) is 19.6. The van der Waals surface area contributed by atoms with E-state index in [0.717, 1.165) is 12.8 Å². The number of rotatable bonds is 2. The van der Waals surface area contributed by atoms with Crippen molar-refractivity contribution in [3.05, 3.63) is 0 Å². The number of amides is 3. The fourth-order valence-corrected chi connectivity index (χ4v) is 1.91. The highest BCUT2D eigenvalue weighted by Crippen LogP contribution is 2.20. The fraction of sp³-hybridized carbons (Fsp3) is 0.833. The van der Waals surface area contributed by atoms with Crippen LogP contribution in [0.1, 0.15) is 33.6 Å². The highest BCUT2D eigenvalue weighted by molar-refractivity contribution is 5.73. The number of likely N-dealkylation sites (tertiary alicyclic amines) is 1. The summed E-state index contributed by atoms with van der Waals surface area (Å²) in [5.74, 6) is 0. The molecule has 0 aromatic heterocycles. The lowest BCUT2D eigenvalue weighted by atomic mass is 10.2. The largest absolute Gasteiger partial charge is 0.444 e. The summed E-state index contributed by atoms with van der Waals surface area (Å²) in [7, 11) is 1.57. The molecular formula is C12H23N3O3. The van der Waals surface area contributed by atoms with Crippen LogP contribution in [0, 0.1) is 0 Å². The molecule has 0 radical (unpaired) electrons. The highest BCUT2D eigenvalue weighted by atomic mass is 16.6. The molecule has 3 amide bonds. The lowest BCUT2D eigenvalue weighted by Crippen LogP contribution is -2.46. The Bertz CT molecular complexity index is 312. The van der Waals surface area contributed by atoms with E-state index in [0.29, 0.717) is 13.1 Å². The van der Waals surface area contributed by atoms with Gasteiger partial charge in [-0.3, -0.25) is 0 Å². The minimum atomic E-state index is -0.488. The smallest absolute Gasteiger partial charge is 0.410 e. The monoisotopic (exact) mass is 257 g/mol. The number of hydrogen-bond acceptors (Lipinski definition) is 3. The Hall–Kier alpha value is -1.46. The second kappa shape index (κ2) is 5.93. The van der Waals surface area contributed by atoms with Gasteiger partial charge in [0.25, 0.3) is 0 Å². The number of nitrogens with one attached hydrogen (secondary N) is 2. The van der Waals surface area contributed by atoms with Crippen LogP contribution in [0.25, 0.3) is 0 Å². The molecule has 18 heavy (non-hydrogen) atoms. The molecule has 0 aromatic carbocycles. The van der Waals surface area contributed by atoms with Crippen LogP contribution in [-0.4, -0.2) is 48.8 Å². The van der Waals surface area contributed by atoms with Gasteiger partial charge in [0.05, 0.1) is 6.04 Å². The Morgan fingerprint density at radius 3 is 2.61 bits per heavy atom. The van der Waals surface area contributed by atoms with Crippen molar-refractivity contribution in [2.24, 2.45) is 0 Å². The van der Waals surface area contributed by atoms with Crippen LogP contribution in [0.4, 0.5) is 9.59 Å². The minimum Gasteiger partial charge on any atom is -0.444 e. The van der Waals surface area contributed by atoms with E-state index in [-0.39, 0.29) is 18.2 Å². The van der Waals surface area contributed by atoms with Gasteiger partial charge in [0.2, 0.25) is 0 Å². The topological polar surface area (TPSA) is 70.7 Å². The van der Waals surface area contributed by atoms with E-state index in [4.69, 9.17) is 4.74 Å². The lowest BCUT2D eigenvalue weighted by Gasteiger charge is -2.28. The first kappa shape index (κ1) is 14.6. The van der Waals surface area contributed by atoms with Crippen LogP contribution in [-0.2, 0) is 4.74 Å². The summed E-state index contributed by atoms with van der Waals surface area (Å²) in [6.45, 7) is 6.68. The molecule has 1 aliphatic heterocycles. The minimum absolute atomic E-state index is 0.0251. The summed E-state index contributed by atoms with van der Waals surface area (Å²) in [6, 6.07) is -0.205. The zero-order valence-electron chi connectivity index (χ0n) is 11.6. The van der Waals surface area contributed by atoms with Crippen molar-refractivity contribution < 1.29 is 14.3 Å². The third-order valence-electron chi connectivity index (χ3n) is 2.73. The summed E-state index contributed by atoms with van der Waals surface area (Å²) >= 11 is 0. The average molecular weight is 257 g/mol. The van der Waals surface area contributed by atoms with Crippen LogP contribution in [0.15, 0.2) is 0 Å². The van der Waals surface area contributed by atoms with Gasteiger partial charge in [-0.1, -0.05) is 0 Å².